The highest BCUT2D eigenvalue weighted by Gasteiger charge is 2.22. The highest BCUT2D eigenvalue weighted by molar-refractivity contribution is 7.93. The van der Waals surface area contributed by atoms with E-state index < -0.39 is 10.0 Å². The van der Waals surface area contributed by atoms with Gasteiger partial charge in [-0.2, -0.15) is 4.37 Å². The quantitative estimate of drug-likeness (QED) is 0.544. The van der Waals surface area contributed by atoms with Crippen LogP contribution in [0.5, 0.6) is 0 Å². The Morgan fingerprint density at radius 2 is 1.62 bits per heavy atom. The average Bonchev–Trinajstić information content (AvgIpc) is 3.35. The second-order valence-corrected chi connectivity index (χ2v) is 8.26. The highest BCUT2D eigenvalue weighted by atomic mass is 32.2. The van der Waals surface area contributed by atoms with Gasteiger partial charge >= 0.3 is 0 Å². The predicted octanol–water partition coefficient (Wildman–Crippen LogP) is 4.13. The van der Waals surface area contributed by atoms with Crippen molar-refractivity contribution in [2.75, 3.05) is 4.72 Å². The molecule has 2 heterocycles. The summed E-state index contributed by atoms with van der Waals surface area (Å²) in [5, 5.41) is 7.38. The van der Waals surface area contributed by atoms with Gasteiger partial charge in [-0.25, -0.2) is 8.42 Å². The van der Waals surface area contributed by atoms with Crippen LogP contribution in [0.4, 0.5) is 5.69 Å². The molecule has 130 valence electrons. The van der Waals surface area contributed by atoms with E-state index >= 15 is 0 Å². The molecule has 2 aromatic carbocycles. The van der Waals surface area contributed by atoms with E-state index in [0.29, 0.717) is 11.4 Å². The van der Waals surface area contributed by atoms with Crippen molar-refractivity contribution < 1.29 is 8.42 Å². The van der Waals surface area contributed by atoms with Crippen LogP contribution in [-0.4, -0.2) is 22.4 Å². The fourth-order valence-electron chi connectivity index (χ4n) is 2.42. The van der Waals surface area contributed by atoms with Gasteiger partial charge in [0.2, 0.25) is 0 Å². The number of nitrogens with one attached hydrogen (secondary N) is 1. The Labute approximate surface area is 158 Å². The molecule has 0 fully saturated rings. The molecule has 0 atom stereocenters. The number of nitrogens with zero attached hydrogens (tertiary/aromatic N) is 3. The van der Waals surface area contributed by atoms with Crippen LogP contribution in [0.2, 0.25) is 0 Å². The fraction of sp³-hybridized carbons (Fsp3) is 0. The number of benzene rings is 2. The van der Waals surface area contributed by atoms with E-state index in [9.17, 15) is 8.42 Å². The Morgan fingerprint density at radius 1 is 0.846 bits per heavy atom. The molecule has 1 N–H and O–H groups in total. The van der Waals surface area contributed by atoms with Gasteiger partial charge in [0.1, 0.15) is 16.3 Å². The van der Waals surface area contributed by atoms with Crippen LogP contribution < -0.4 is 4.72 Å². The summed E-state index contributed by atoms with van der Waals surface area (Å²) in [6.07, 6.45) is 0. The van der Waals surface area contributed by atoms with E-state index in [1.807, 2.05) is 35.7 Å². The van der Waals surface area contributed by atoms with E-state index in [-0.39, 0.29) is 4.90 Å². The minimum atomic E-state index is -3.74. The number of hydrogen-bond acceptors (Lipinski definition) is 7. The third-order valence-electron chi connectivity index (χ3n) is 3.67. The number of anilines is 1. The van der Waals surface area contributed by atoms with Crippen molar-refractivity contribution in [2.45, 2.75) is 4.90 Å². The summed E-state index contributed by atoms with van der Waals surface area (Å²) in [6, 6.07) is 16.3. The predicted molar refractivity (Wildman–Crippen MR) is 104 cm³/mol. The van der Waals surface area contributed by atoms with Crippen LogP contribution in [-0.2, 0) is 10.0 Å². The monoisotopic (exact) mass is 400 g/mol. The molecule has 6 nitrogen and oxygen atoms in total. The van der Waals surface area contributed by atoms with Crippen molar-refractivity contribution in [1.29, 1.82) is 0 Å². The molecule has 4 rings (SSSR count). The Morgan fingerprint density at radius 3 is 2.31 bits per heavy atom. The summed E-state index contributed by atoms with van der Waals surface area (Å²) >= 11 is 2.38. The van der Waals surface area contributed by atoms with Crippen molar-refractivity contribution in [3.63, 3.8) is 0 Å². The molecule has 0 aliphatic heterocycles. The molecule has 0 aliphatic carbocycles. The zero-order valence-corrected chi connectivity index (χ0v) is 15.7. The number of aromatic nitrogens is 3. The van der Waals surface area contributed by atoms with Gasteiger partial charge in [-0.3, -0.25) is 4.72 Å². The van der Waals surface area contributed by atoms with Crippen molar-refractivity contribution in [3.8, 4) is 22.5 Å². The smallest absolute Gasteiger partial charge is 0.264 e. The standard InChI is InChI=1S/C17H12N4O2S3/c22-26(23,16-11-24-19-17(16)13-4-2-1-3-5-13)20-14-8-6-12(7-9-14)15-10-25-21-18-15/h1-11,20H. The van der Waals surface area contributed by atoms with E-state index in [4.69, 9.17) is 0 Å². The molecule has 0 aliphatic rings. The van der Waals surface area contributed by atoms with Crippen molar-refractivity contribution in [2.24, 2.45) is 0 Å². The Bertz CT molecular complexity index is 1110. The first kappa shape index (κ1) is 16.8. The molecule has 0 saturated carbocycles. The van der Waals surface area contributed by atoms with E-state index in [1.54, 1.807) is 29.6 Å². The maximum atomic E-state index is 12.8. The van der Waals surface area contributed by atoms with Gasteiger partial charge in [-0.1, -0.05) is 47.0 Å². The Kier molecular flexibility index (Phi) is 4.49. The van der Waals surface area contributed by atoms with Crippen LogP contribution in [0.25, 0.3) is 22.5 Å². The molecule has 2 aromatic heterocycles. The summed E-state index contributed by atoms with van der Waals surface area (Å²) in [6.45, 7) is 0. The number of rotatable bonds is 5. The lowest BCUT2D eigenvalue weighted by molar-refractivity contribution is 0.601. The Balaban J connectivity index is 1.62. The van der Waals surface area contributed by atoms with Gasteiger partial charge in [-0.15, -0.1) is 5.10 Å². The molecule has 0 saturated heterocycles. The molecule has 0 unspecified atom stereocenters. The normalized spacial score (nSPS) is 11.4. The first-order valence-electron chi connectivity index (χ1n) is 7.53. The fourth-order valence-corrected chi connectivity index (χ4v) is 5.12. The van der Waals surface area contributed by atoms with Gasteiger partial charge in [-0.05, 0) is 35.2 Å². The summed E-state index contributed by atoms with van der Waals surface area (Å²) in [7, 11) is -3.74. The molecule has 4 aromatic rings. The molecule has 0 bridgehead atoms. The minimum absolute atomic E-state index is 0.168. The molecular formula is C17H12N4O2S3. The van der Waals surface area contributed by atoms with Gasteiger partial charge in [0.05, 0.1) is 0 Å². The first-order chi connectivity index (χ1) is 12.6. The van der Waals surface area contributed by atoms with Crippen LogP contribution in [0.3, 0.4) is 0 Å². The second kappa shape index (κ2) is 6.94. The summed E-state index contributed by atoms with van der Waals surface area (Å²) in [5.41, 5.74) is 3.33. The first-order valence-corrected chi connectivity index (χ1v) is 10.7. The highest BCUT2D eigenvalue weighted by Crippen LogP contribution is 2.29. The largest absolute Gasteiger partial charge is 0.280 e. The van der Waals surface area contributed by atoms with Crippen molar-refractivity contribution in [3.05, 3.63) is 65.4 Å². The van der Waals surface area contributed by atoms with Gasteiger partial charge in [0, 0.05) is 27.6 Å². The number of hydrogen-bond donors (Lipinski definition) is 1. The van der Waals surface area contributed by atoms with Gasteiger partial charge < -0.3 is 0 Å². The zero-order valence-electron chi connectivity index (χ0n) is 13.2. The molecule has 0 spiro atoms. The maximum absolute atomic E-state index is 12.8. The van der Waals surface area contributed by atoms with Crippen LogP contribution in [0.1, 0.15) is 0 Å². The van der Waals surface area contributed by atoms with E-state index in [2.05, 4.69) is 18.7 Å². The zero-order chi connectivity index (χ0) is 18.0. The lowest BCUT2D eigenvalue weighted by Crippen LogP contribution is -2.13. The average molecular weight is 401 g/mol. The van der Waals surface area contributed by atoms with Crippen LogP contribution >= 0.6 is 23.1 Å². The molecule has 0 radical (unpaired) electrons. The molecular weight excluding hydrogens is 388 g/mol. The van der Waals surface area contributed by atoms with Crippen LogP contribution in [0.15, 0.2) is 70.3 Å². The molecule has 26 heavy (non-hydrogen) atoms. The summed E-state index contributed by atoms with van der Waals surface area (Å²) in [5.74, 6) is 0. The minimum Gasteiger partial charge on any atom is -0.280 e. The summed E-state index contributed by atoms with van der Waals surface area (Å²) < 4.78 is 36.3. The topological polar surface area (TPSA) is 84.8 Å². The van der Waals surface area contributed by atoms with Crippen molar-refractivity contribution >= 4 is 38.8 Å². The third-order valence-corrected chi connectivity index (χ3v) is 6.34. The van der Waals surface area contributed by atoms with E-state index in [0.717, 1.165) is 28.4 Å². The van der Waals surface area contributed by atoms with Crippen molar-refractivity contribution in [1.82, 2.24) is 14.0 Å². The Hall–Kier alpha value is -2.62. The van der Waals surface area contributed by atoms with Gasteiger partial charge in [0.15, 0.2) is 0 Å². The lowest BCUT2D eigenvalue weighted by Gasteiger charge is -2.09. The molecule has 9 heteroatoms. The summed E-state index contributed by atoms with van der Waals surface area (Å²) in [4.78, 5) is 0.168. The van der Waals surface area contributed by atoms with Gasteiger partial charge in [0.25, 0.3) is 10.0 Å². The number of sulfonamides is 1. The lowest BCUT2D eigenvalue weighted by atomic mass is 10.2. The van der Waals surface area contributed by atoms with E-state index in [1.165, 1.54) is 11.5 Å². The second-order valence-electron chi connectivity index (χ2n) is 5.37. The van der Waals surface area contributed by atoms with Crippen LogP contribution in [0, 0.1) is 0 Å². The molecule has 0 amide bonds. The third kappa shape index (κ3) is 3.36. The maximum Gasteiger partial charge on any atom is 0.264 e. The SMILES string of the molecule is O=S(=O)(Nc1ccc(-c2csnn2)cc1)c1csnc1-c1ccccc1.